The molecule has 1 heterocycles. The first kappa shape index (κ1) is 19.7. The van der Waals surface area contributed by atoms with Crippen molar-refractivity contribution >= 4 is 29.0 Å². The van der Waals surface area contributed by atoms with Gasteiger partial charge in [-0.1, -0.05) is 11.6 Å². The number of carbonyl (C=O) groups is 1. The molecule has 1 aromatic carbocycles. The first-order valence-electron chi connectivity index (χ1n) is 7.88. The van der Waals surface area contributed by atoms with Crippen LogP contribution in [0.5, 0.6) is 11.5 Å². The van der Waals surface area contributed by atoms with Gasteiger partial charge in [-0.2, -0.15) is 0 Å². The molecule has 0 aliphatic rings. The molecule has 2 aromatic rings. The molecule has 140 valence electrons. The van der Waals surface area contributed by atoms with Gasteiger partial charge in [-0.3, -0.25) is 4.79 Å². The second-order valence-electron chi connectivity index (χ2n) is 5.66. The summed E-state index contributed by atoms with van der Waals surface area (Å²) in [7, 11) is 6.95. The molecule has 26 heavy (non-hydrogen) atoms. The van der Waals surface area contributed by atoms with Gasteiger partial charge >= 0.3 is 0 Å². The first-order chi connectivity index (χ1) is 12.4. The van der Waals surface area contributed by atoms with Gasteiger partial charge in [-0.15, -0.1) is 0 Å². The average Bonchev–Trinajstić information content (AvgIpc) is 2.63. The van der Waals surface area contributed by atoms with Gasteiger partial charge in [0, 0.05) is 25.2 Å². The number of likely N-dealkylation sites (N-methyl/N-ethyl adjacent to an activating group) is 1. The number of anilines is 2. The third-order valence-electron chi connectivity index (χ3n) is 3.47. The van der Waals surface area contributed by atoms with Crippen molar-refractivity contribution in [3.05, 3.63) is 35.2 Å². The molecule has 0 aliphatic heterocycles. The molecule has 0 atom stereocenters. The van der Waals surface area contributed by atoms with Crippen LogP contribution in [0.15, 0.2) is 24.5 Å². The maximum absolute atomic E-state index is 12.4. The van der Waals surface area contributed by atoms with Crippen LogP contribution < -0.4 is 20.1 Å². The standard InChI is InChI=1S/C17H22ClN5O3/c1-23(2)6-5-19-16-10-20-13(9-21-16)17(24)22-12-8-14(25-3)11(18)7-15(12)26-4/h7-10H,5-6H2,1-4H3,(H,19,21)(H,22,24). The molecule has 8 nitrogen and oxygen atoms in total. The summed E-state index contributed by atoms with van der Waals surface area (Å²) in [4.78, 5) is 22.8. The zero-order valence-corrected chi connectivity index (χ0v) is 15.9. The van der Waals surface area contributed by atoms with Crippen molar-refractivity contribution in [2.45, 2.75) is 0 Å². The smallest absolute Gasteiger partial charge is 0.275 e. The average molecular weight is 380 g/mol. The highest BCUT2D eigenvalue weighted by atomic mass is 35.5. The fraction of sp³-hybridized carbons (Fsp3) is 0.353. The SMILES string of the molecule is COc1cc(NC(=O)c2cnc(NCCN(C)C)cn2)c(OC)cc1Cl. The van der Waals surface area contributed by atoms with Crippen LogP contribution in [-0.2, 0) is 0 Å². The van der Waals surface area contributed by atoms with E-state index in [1.165, 1.54) is 26.6 Å². The summed E-state index contributed by atoms with van der Waals surface area (Å²) in [5.41, 5.74) is 0.605. The minimum atomic E-state index is -0.417. The largest absolute Gasteiger partial charge is 0.495 e. The molecule has 0 radical (unpaired) electrons. The van der Waals surface area contributed by atoms with Gasteiger partial charge in [0.2, 0.25) is 0 Å². The Morgan fingerprint density at radius 1 is 1.15 bits per heavy atom. The van der Waals surface area contributed by atoms with E-state index in [-0.39, 0.29) is 5.69 Å². The maximum Gasteiger partial charge on any atom is 0.275 e. The number of aromatic nitrogens is 2. The van der Waals surface area contributed by atoms with Crippen molar-refractivity contribution in [3.8, 4) is 11.5 Å². The zero-order chi connectivity index (χ0) is 19.1. The number of rotatable bonds is 8. The van der Waals surface area contributed by atoms with Crippen LogP contribution in [0.2, 0.25) is 5.02 Å². The van der Waals surface area contributed by atoms with Gasteiger partial charge in [0.1, 0.15) is 23.0 Å². The second-order valence-corrected chi connectivity index (χ2v) is 6.07. The molecular formula is C17H22ClN5O3. The molecule has 0 unspecified atom stereocenters. The summed E-state index contributed by atoms with van der Waals surface area (Å²) in [6.07, 6.45) is 2.93. The van der Waals surface area contributed by atoms with Crippen LogP contribution in [0, 0.1) is 0 Å². The predicted octanol–water partition coefficient (Wildman–Crippen LogP) is 2.37. The molecule has 0 saturated heterocycles. The molecule has 1 amide bonds. The fourth-order valence-electron chi connectivity index (χ4n) is 2.09. The highest BCUT2D eigenvalue weighted by molar-refractivity contribution is 6.32. The van der Waals surface area contributed by atoms with Crippen LogP contribution in [0.3, 0.4) is 0 Å². The number of hydrogen-bond acceptors (Lipinski definition) is 7. The topological polar surface area (TPSA) is 88.6 Å². The second kappa shape index (κ2) is 9.21. The molecule has 2 N–H and O–H groups in total. The van der Waals surface area contributed by atoms with Gasteiger partial charge in [-0.25, -0.2) is 9.97 Å². The normalized spacial score (nSPS) is 10.5. The lowest BCUT2D eigenvalue weighted by Gasteiger charge is -2.13. The van der Waals surface area contributed by atoms with Gasteiger partial charge in [0.15, 0.2) is 0 Å². The Balaban J connectivity index is 2.08. The van der Waals surface area contributed by atoms with Gasteiger partial charge in [-0.05, 0) is 14.1 Å². The molecule has 0 fully saturated rings. The third-order valence-corrected chi connectivity index (χ3v) is 3.77. The summed E-state index contributed by atoms with van der Waals surface area (Å²) in [6.45, 7) is 1.59. The third kappa shape index (κ3) is 5.21. The summed E-state index contributed by atoms with van der Waals surface area (Å²) < 4.78 is 10.4. The molecule has 0 aliphatic carbocycles. The lowest BCUT2D eigenvalue weighted by Crippen LogP contribution is -2.21. The zero-order valence-electron chi connectivity index (χ0n) is 15.2. The Hall–Kier alpha value is -2.58. The van der Waals surface area contributed by atoms with Gasteiger partial charge in [0.05, 0.1) is 37.3 Å². The number of methoxy groups -OCH3 is 2. The minimum absolute atomic E-state index is 0.180. The van der Waals surface area contributed by atoms with E-state index in [1.807, 2.05) is 14.1 Å². The van der Waals surface area contributed by atoms with Gasteiger partial charge in [0.25, 0.3) is 5.91 Å². The molecule has 9 heteroatoms. The van der Waals surface area contributed by atoms with Crippen LogP contribution in [0.4, 0.5) is 11.5 Å². The maximum atomic E-state index is 12.4. The van der Waals surface area contributed by atoms with Crippen LogP contribution in [-0.4, -0.2) is 62.2 Å². The van der Waals surface area contributed by atoms with E-state index in [0.717, 1.165) is 13.1 Å². The quantitative estimate of drug-likeness (QED) is 0.727. The number of nitrogens with one attached hydrogen (secondary N) is 2. The molecular weight excluding hydrogens is 358 g/mol. The summed E-state index contributed by atoms with van der Waals surface area (Å²) in [5, 5.41) is 6.24. The van der Waals surface area contributed by atoms with Crippen molar-refractivity contribution in [2.75, 3.05) is 52.0 Å². The lowest BCUT2D eigenvalue weighted by molar-refractivity contribution is 0.102. The number of halogens is 1. The summed E-state index contributed by atoms with van der Waals surface area (Å²) in [6, 6.07) is 3.16. The number of benzene rings is 1. The summed E-state index contributed by atoms with van der Waals surface area (Å²) >= 11 is 6.06. The van der Waals surface area contributed by atoms with E-state index >= 15 is 0 Å². The van der Waals surface area contributed by atoms with Crippen molar-refractivity contribution in [1.29, 1.82) is 0 Å². The van der Waals surface area contributed by atoms with E-state index in [2.05, 4.69) is 25.5 Å². The first-order valence-corrected chi connectivity index (χ1v) is 8.26. The molecule has 2 rings (SSSR count). The molecule has 1 aromatic heterocycles. The number of ether oxygens (including phenoxy) is 2. The predicted molar refractivity (Wildman–Crippen MR) is 102 cm³/mol. The fourth-order valence-corrected chi connectivity index (χ4v) is 2.32. The monoisotopic (exact) mass is 379 g/mol. The van der Waals surface area contributed by atoms with Crippen molar-refractivity contribution in [2.24, 2.45) is 0 Å². The highest BCUT2D eigenvalue weighted by Crippen LogP contribution is 2.35. The van der Waals surface area contributed by atoms with E-state index in [1.54, 1.807) is 12.1 Å². The van der Waals surface area contributed by atoms with Crippen LogP contribution in [0.1, 0.15) is 10.5 Å². The Kier molecular flexibility index (Phi) is 6.99. The van der Waals surface area contributed by atoms with E-state index < -0.39 is 5.91 Å². The Labute approximate surface area is 157 Å². The molecule has 0 saturated carbocycles. The number of nitrogens with zero attached hydrogens (tertiary/aromatic N) is 3. The van der Waals surface area contributed by atoms with E-state index in [0.29, 0.717) is 28.0 Å². The molecule has 0 spiro atoms. The van der Waals surface area contributed by atoms with E-state index in [4.69, 9.17) is 21.1 Å². The molecule has 0 bridgehead atoms. The van der Waals surface area contributed by atoms with E-state index in [9.17, 15) is 4.79 Å². The van der Waals surface area contributed by atoms with Crippen molar-refractivity contribution in [3.63, 3.8) is 0 Å². The Morgan fingerprint density at radius 3 is 2.46 bits per heavy atom. The Bertz CT molecular complexity index is 753. The number of hydrogen-bond donors (Lipinski definition) is 2. The van der Waals surface area contributed by atoms with Gasteiger partial charge < -0.3 is 25.0 Å². The van der Waals surface area contributed by atoms with Crippen LogP contribution in [0.25, 0.3) is 0 Å². The Morgan fingerprint density at radius 2 is 1.88 bits per heavy atom. The van der Waals surface area contributed by atoms with Crippen molar-refractivity contribution < 1.29 is 14.3 Å². The minimum Gasteiger partial charge on any atom is -0.495 e. The van der Waals surface area contributed by atoms with Crippen molar-refractivity contribution in [1.82, 2.24) is 14.9 Å². The lowest BCUT2D eigenvalue weighted by atomic mass is 10.2. The number of amides is 1. The summed E-state index contributed by atoms with van der Waals surface area (Å²) in [5.74, 6) is 1.03. The van der Waals surface area contributed by atoms with Crippen LogP contribution >= 0.6 is 11.6 Å². The highest BCUT2D eigenvalue weighted by Gasteiger charge is 2.15. The number of carbonyl (C=O) groups excluding carboxylic acids is 1.